The lowest BCUT2D eigenvalue weighted by molar-refractivity contribution is 0.487. The van der Waals surface area contributed by atoms with Gasteiger partial charge in [-0.2, -0.15) is 4.98 Å². The molecule has 0 aliphatic carbocycles. The second kappa shape index (κ2) is 11.0. The molecule has 2 nitrogen and oxygen atoms in total. The van der Waals surface area contributed by atoms with Gasteiger partial charge in [0, 0.05) is 15.5 Å². The second-order valence-corrected chi connectivity index (χ2v) is 13.5. The zero-order valence-corrected chi connectivity index (χ0v) is 22.9. The summed E-state index contributed by atoms with van der Waals surface area (Å²) in [4.78, 5) is 6.37. The Morgan fingerprint density at radius 2 is 1.00 bits per heavy atom. The van der Waals surface area contributed by atoms with Crippen molar-refractivity contribution in [1.82, 2.24) is 4.98 Å². The zero-order chi connectivity index (χ0) is 25.8. The van der Waals surface area contributed by atoms with Crippen molar-refractivity contribution >= 4 is 52.0 Å². The van der Waals surface area contributed by atoms with Gasteiger partial charge in [0.15, 0.2) is 7.26 Å². The smallest absolute Gasteiger partial charge is 0.251 e. The number of rotatable bonds is 7. The van der Waals surface area contributed by atoms with Crippen molar-refractivity contribution in [2.45, 2.75) is 9.99 Å². The highest BCUT2D eigenvalue weighted by Gasteiger charge is 2.53. The molecule has 0 saturated carbocycles. The van der Waals surface area contributed by atoms with E-state index >= 15 is 0 Å². The first-order valence-electron chi connectivity index (χ1n) is 12.3. The monoisotopic (exact) mass is 548 g/mol. The Kier molecular flexibility index (Phi) is 7.16. The largest absolute Gasteiger partial charge is 0.425 e. The van der Waals surface area contributed by atoms with E-state index in [-0.39, 0.29) is 0 Å². The van der Waals surface area contributed by atoms with Crippen molar-refractivity contribution in [2.75, 3.05) is 0 Å². The van der Waals surface area contributed by atoms with Crippen molar-refractivity contribution in [3.63, 3.8) is 0 Å². The van der Waals surface area contributed by atoms with Crippen LogP contribution in [0.3, 0.4) is 0 Å². The Morgan fingerprint density at radius 3 is 1.47 bits per heavy atom. The van der Waals surface area contributed by atoms with Crippen LogP contribution < -0.4 is 21.3 Å². The SMILES string of the molecule is Clc1ccc(Sc2oc(-c3ccccc3)nc2[P+](c2ccccc2)(c2ccccc2)c2ccccc2)cc1. The van der Waals surface area contributed by atoms with Crippen LogP contribution in [0.2, 0.25) is 5.02 Å². The van der Waals surface area contributed by atoms with Gasteiger partial charge in [0.25, 0.3) is 5.44 Å². The fourth-order valence-corrected chi connectivity index (χ4v) is 10.1. The molecule has 5 aromatic carbocycles. The summed E-state index contributed by atoms with van der Waals surface area (Å²) >= 11 is 7.79. The summed E-state index contributed by atoms with van der Waals surface area (Å²) in [5, 5.41) is 5.17. The first kappa shape index (κ1) is 24.7. The van der Waals surface area contributed by atoms with E-state index in [1.165, 1.54) is 15.9 Å². The van der Waals surface area contributed by atoms with Gasteiger partial charge in [-0.05, 0) is 84.6 Å². The van der Waals surface area contributed by atoms with Crippen molar-refractivity contribution in [1.29, 1.82) is 0 Å². The molecule has 0 aliphatic heterocycles. The van der Waals surface area contributed by atoms with Crippen LogP contribution in [0.5, 0.6) is 0 Å². The van der Waals surface area contributed by atoms with Crippen molar-refractivity contribution in [3.05, 3.63) is 151 Å². The molecule has 0 N–H and O–H groups in total. The number of halogens is 1. The van der Waals surface area contributed by atoms with Gasteiger partial charge < -0.3 is 4.42 Å². The lowest BCUT2D eigenvalue weighted by Gasteiger charge is -2.25. The fourth-order valence-electron chi connectivity index (χ4n) is 4.66. The molecule has 0 amide bonds. The topological polar surface area (TPSA) is 26.0 Å². The van der Waals surface area contributed by atoms with Gasteiger partial charge >= 0.3 is 0 Å². The van der Waals surface area contributed by atoms with Crippen LogP contribution >= 0.6 is 30.6 Å². The number of aromatic nitrogens is 1. The number of hydrogen-bond acceptors (Lipinski definition) is 3. The van der Waals surface area contributed by atoms with E-state index in [1.807, 2.05) is 54.6 Å². The van der Waals surface area contributed by atoms with Gasteiger partial charge in [0.05, 0.1) is 0 Å². The van der Waals surface area contributed by atoms with Gasteiger partial charge in [-0.15, -0.1) is 0 Å². The summed E-state index contributed by atoms with van der Waals surface area (Å²) < 4.78 is 6.65. The highest BCUT2D eigenvalue weighted by Crippen LogP contribution is 2.56. The third-order valence-corrected chi connectivity index (χ3v) is 11.9. The Bertz CT molecular complexity index is 1530. The summed E-state index contributed by atoms with van der Waals surface area (Å²) in [7, 11) is -2.44. The first-order chi connectivity index (χ1) is 18.7. The summed E-state index contributed by atoms with van der Waals surface area (Å²) in [6, 6.07) is 50.2. The molecule has 6 aromatic rings. The predicted molar refractivity (Wildman–Crippen MR) is 162 cm³/mol. The normalized spacial score (nSPS) is 11.4. The van der Waals surface area contributed by atoms with E-state index in [0.717, 1.165) is 21.0 Å². The molecular weight excluding hydrogens is 525 g/mol. The molecule has 0 atom stereocenters. The van der Waals surface area contributed by atoms with Crippen molar-refractivity contribution < 1.29 is 4.42 Å². The Balaban J connectivity index is 1.69. The molecule has 1 aromatic heterocycles. The molecule has 0 fully saturated rings. The maximum Gasteiger partial charge on any atom is 0.251 e. The van der Waals surface area contributed by atoms with E-state index in [9.17, 15) is 0 Å². The van der Waals surface area contributed by atoms with E-state index in [0.29, 0.717) is 10.9 Å². The molecule has 0 spiro atoms. The Labute approximate surface area is 232 Å². The minimum atomic E-state index is -2.44. The molecule has 0 bridgehead atoms. The van der Waals surface area contributed by atoms with Crippen molar-refractivity contribution in [3.8, 4) is 11.5 Å². The molecule has 38 heavy (non-hydrogen) atoms. The highest BCUT2D eigenvalue weighted by molar-refractivity contribution is 8.04. The van der Waals surface area contributed by atoms with Crippen LogP contribution in [0.1, 0.15) is 0 Å². The molecular formula is C33H24ClNOPS+. The number of oxazole rings is 1. The minimum Gasteiger partial charge on any atom is -0.425 e. The lowest BCUT2D eigenvalue weighted by Crippen LogP contribution is -2.40. The Morgan fingerprint density at radius 1 is 0.553 bits per heavy atom. The minimum absolute atomic E-state index is 0.615. The van der Waals surface area contributed by atoms with Crippen LogP contribution in [-0.2, 0) is 0 Å². The fraction of sp³-hybridized carbons (Fsp3) is 0. The van der Waals surface area contributed by atoms with Crippen LogP contribution in [0.15, 0.2) is 160 Å². The number of hydrogen-bond donors (Lipinski definition) is 0. The summed E-state index contributed by atoms with van der Waals surface area (Å²) in [5.74, 6) is 0.615. The maximum absolute atomic E-state index is 6.65. The summed E-state index contributed by atoms with van der Waals surface area (Å²) in [5.41, 5.74) is 1.91. The molecule has 0 saturated heterocycles. The van der Waals surface area contributed by atoms with Crippen LogP contribution in [0, 0.1) is 0 Å². The van der Waals surface area contributed by atoms with Crippen LogP contribution in [0.25, 0.3) is 11.5 Å². The van der Waals surface area contributed by atoms with Gasteiger partial charge in [0.1, 0.15) is 15.9 Å². The molecule has 5 heteroatoms. The molecule has 0 aliphatic rings. The van der Waals surface area contributed by atoms with E-state index in [2.05, 4.69) is 91.0 Å². The zero-order valence-electron chi connectivity index (χ0n) is 20.4. The van der Waals surface area contributed by atoms with E-state index in [1.54, 1.807) is 11.8 Å². The van der Waals surface area contributed by atoms with E-state index < -0.39 is 7.26 Å². The average molecular weight is 549 g/mol. The maximum atomic E-state index is 6.65. The molecule has 0 unspecified atom stereocenters. The van der Waals surface area contributed by atoms with E-state index in [4.69, 9.17) is 21.0 Å². The molecule has 184 valence electrons. The van der Waals surface area contributed by atoms with Crippen molar-refractivity contribution in [2.24, 2.45) is 0 Å². The third-order valence-electron chi connectivity index (χ3n) is 6.37. The summed E-state index contributed by atoms with van der Waals surface area (Å²) in [6.07, 6.45) is 0. The molecule has 6 rings (SSSR count). The predicted octanol–water partition coefficient (Wildman–Crippen LogP) is 7.77. The lowest BCUT2D eigenvalue weighted by atomic mass is 10.2. The molecule has 0 radical (unpaired) electrons. The standard InChI is InChI=1S/C33H24ClNOPS/c34-26-21-23-30(24-22-26)38-33-32(35-31(36-33)25-13-5-1-6-14-25)37(27-15-7-2-8-16-27,28-17-9-3-10-18-28)29-19-11-4-12-20-29/h1-24H/q+1. The quantitative estimate of drug-likeness (QED) is 0.191. The van der Waals surface area contributed by atoms with Gasteiger partial charge in [0.2, 0.25) is 11.0 Å². The summed E-state index contributed by atoms with van der Waals surface area (Å²) in [6.45, 7) is 0. The van der Waals surface area contributed by atoms with Gasteiger partial charge in [-0.3, -0.25) is 0 Å². The second-order valence-electron chi connectivity index (χ2n) is 8.73. The third kappa shape index (κ3) is 4.70. The highest BCUT2D eigenvalue weighted by atomic mass is 35.5. The van der Waals surface area contributed by atoms with Crippen LogP contribution in [-0.4, -0.2) is 4.98 Å². The average Bonchev–Trinajstić information content (AvgIpc) is 3.41. The van der Waals surface area contributed by atoms with Gasteiger partial charge in [-0.25, -0.2) is 0 Å². The van der Waals surface area contributed by atoms with Crippen LogP contribution in [0.4, 0.5) is 0 Å². The first-order valence-corrected chi connectivity index (χ1v) is 15.3. The molecule has 1 heterocycles. The number of benzene rings is 5. The Hall–Kier alpha value is -3.62. The van der Waals surface area contributed by atoms with Gasteiger partial charge in [-0.1, -0.05) is 84.4 Å². The number of nitrogens with zero attached hydrogens (tertiary/aromatic N) is 1.